The molecule has 0 spiro atoms. The summed E-state index contributed by atoms with van der Waals surface area (Å²) in [5.74, 6) is -1.58. The molecule has 4 rings (SSSR count). The van der Waals surface area contributed by atoms with Gasteiger partial charge in [0.25, 0.3) is 0 Å². The molecule has 1 aliphatic heterocycles. The van der Waals surface area contributed by atoms with E-state index in [9.17, 15) is 18.0 Å². The van der Waals surface area contributed by atoms with Crippen molar-refractivity contribution >= 4 is 33.5 Å². The molecule has 0 unspecified atom stereocenters. The number of rotatable bonds is 5. The van der Waals surface area contributed by atoms with Crippen LogP contribution >= 0.6 is 27.5 Å². The fourth-order valence-electron chi connectivity index (χ4n) is 3.80. The summed E-state index contributed by atoms with van der Waals surface area (Å²) in [4.78, 5) is 12.3. The second-order valence-electron chi connectivity index (χ2n) is 7.30. The third-order valence-corrected chi connectivity index (χ3v) is 6.28. The van der Waals surface area contributed by atoms with Crippen LogP contribution in [-0.4, -0.2) is 34.5 Å². The lowest BCUT2D eigenvalue weighted by atomic mass is 9.99. The van der Waals surface area contributed by atoms with Crippen LogP contribution in [0.5, 0.6) is 5.75 Å². The number of aromatic nitrogens is 3. The Kier molecular flexibility index (Phi) is 6.88. The molecule has 34 heavy (non-hydrogen) atoms. The standard InChI is InChI=1S/C22H18BrClF3N3O4/c1-3-33-17(31)10-16-20-28-29-21(22(25,26)27)30(20)14-8-7-11(24)9-13(14)19(34-16)12-5-4-6-15(32-2)18(12)23/h4-9,16,19H,3,10H2,1-2H3/t16-,19-/m1/s1. The number of halogens is 5. The van der Waals surface area contributed by atoms with Crippen LogP contribution in [0.25, 0.3) is 5.69 Å². The monoisotopic (exact) mass is 559 g/mol. The van der Waals surface area contributed by atoms with Crippen molar-refractivity contribution < 1.29 is 32.2 Å². The molecule has 1 aromatic heterocycles. The Morgan fingerprint density at radius 3 is 2.68 bits per heavy atom. The van der Waals surface area contributed by atoms with Gasteiger partial charge in [-0.05, 0) is 47.1 Å². The molecule has 2 atom stereocenters. The van der Waals surface area contributed by atoms with Crippen LogP contribution in [-0.2, 0) is 20.4 Å². The van der Waals surface area contributed by atoms with E-state index in [-0.39, 0.29) is 24.5 Å². The molecule has 3 aromatic rings. The molecule has 0 aliphatic carbocycles. The summed E-state index contributed by atoms with van der Waals surface area (Å²) < 4.78 is 59.8. The smallest absolute Gasteiger partial charge is 0.452 e. The summed E-state index contributed by atoms with van der Waals surface area (Å²) in [5, 5.41) is 7.44. The molecule has 0 bridgehead atoms. The van der Waals surface area contributed by atoms with E-state index in [1.807, 2.05) is 0 Å². The first-order valence-corrected chi connectivity index (χ1v) is 11.3. The van der Waals surface area contributed by atoms with Gasteiger partial charge in [-0.1, -0.05) is 23.7 Å². The van der Waals surface area contributed by atoms with Gasteiger partial charge in [-0.25, -0.2) is 0 Å². The molecule has 0 fully saturated rings. The molecule has 0 saturated heterocycles. The number of hydrogen-bond acceptors (Lipinski definition) is 6. The molecule has 0 amide bonds. The Balaban J connectivity index is 1.98. The maximum absolute atomic E-state index is 13.9. The SMILES string of the molecule is CCOC(=O)C[C@H]1O[C@H](c2cccc(OC)c2Br)c2cc(Cl)ccc2-n2c1nnc2C(F)(F)F. The topological polar surface area (TPSA) is 75.5 Å². The van der Waals surface area contributed by atoms with E-state index < -0.39 is 30.2 Å². The number of benzene rings is 2. The van der Waals surface area contributed by atoms with Crippen molar-refractivity contribution in [2.45, 2.75) is 31.7 Å². The zero-order chi connectivity index (χ0) is 24.6. The van der Waals surface area contributed by atoms with E-state index in [1.165, 1.54) is 25.3 Å². The largest absolute Gasteiger partial charge is 0.496 e. The van der Waals surface area contributed by atoms with Crippen molar-refractivity contribution in [1.29, 1.82) is 0 Å². The molecule has 0 radical (unpaired) electrons. The minimum absolute atomic E-state index is 0.104. The lowest BCUT2D eigenvalue weighted by Crippen LogP contribution is -2.18. The summed E-state index contributed by atoms with van der Waals surface area (Å²) >= 11 is 9.74. The summed E-state index contributed by atoms with van der Waals surface area (Å²) in [6.45, 7) is 1.73. The fourth-order valence-corrected chi connectivity index (χ4v) is 4.62. The van der Waals surface area contributed by atoms with Crippen molar-refractivity contribution in [2.24, 2.45) is 0 Å². The quantitative estimate of drug-likeness (QED) is 0.366. The second-order valence-corrected chi connectivity index (χ2v) is 8.52. The molecule has 7 nitrogen and oxygen atoms in total. The molecular weight excluding hydrogens is 543 g/mol. The molecule has 2 heterocycles. The van der Waals surface area contributed by atoms with Crippen LogP contribution in [0.1, 0.15) is 48.3 Å². The van der Waals surface area contributed by atoms with Gasteiger partial charge in [0.2, 0.25) is 5.82 Å². The highest BCUT2D eigenvalue weighted by molar-refractivity contribution is 9.10. The number of carbonyl (C=O) groups is 1. The minimum atomic E-state index is -4.81. The number of esters is 1. The highest BCUT2D eigenvalue weighted by Crippen LogP contribution is 2.46. The van der Waals surface area contributed by atoms with Gasteiger partial charge in [-0.2, -0.15) is 13.2 Å². The number of carbonyl (C=O) groups excluding carboxylic acids is 1. The van der Waals surface area contributed by atoms with Crippen LogP contribution < -0.4 is 4.74 Å². The van der Waals surface area contributed by atoms with Gasteiger partial charge in [0.05, 0.1) is 30.3 Å². The highest BCUT2D eigenvalue weighted by Gasteiger charge is 2.43. The van der Waals surface area contributed by atoms with Crippen LogP contribution in [0, 0.1) is 0 Å². The Bertz CT molecular complexity index is 1230. The van der Waals surface area contributed by atoms with Crippen molar-refractivity contribution in [3.63, 3.8) is 0 Å². The van der Waals surface area contributed by atoms with Gasteiger partial charge in [0, 0.05) is 16.1 Å². The minimum Gasteiger partial charge on any atom is -0.496 e. The third-order valence-electron chi connectivity index (χ3n) is 5.20. The molecular formula is C22H18BrClF3N3O4. The second kappa shape index (κ2) is 9.55. The zero-order valence-corrected chi connectivity index (χ0v) is 20.2. The Morgan fingerprint density at radius 1 is 1.24 bits per heavy atom. The highest BCUT2D eigenvalue weighted by atomic mass is 79.9. The van der Waals surface area contributed by atoms with Crippen LogP contribution in [0.3, 0.4) is 0 Å². The van der Waals surface area contributed by atoms with Crippen LogP contribution in [0.15, 0.2) is 40.9 Å². The number of fused-ring (bicyclic) bond motifs is 3. The van der Waals surface area contributed by atoms with Crippen molar-refractivity contribution in [2.75, 3.05) is 13.7 Å². The van der Waals surface area contributed by atoms with E-state index in [0.717, 1.165) is 4.57 Å². The van der Waals surface area contributed by atoms with E-state index in [0.29, 0.717) is 26.4 Å². The first-order valence-electron chi connectivity index (χ1n) is 10.1. The maximum atomic E-state index is 13.9. The lowest BCUT2D eigenvalue weighted by Gasteiger charge is -2.24. The van der Waals surface area contributed by atoms with Gasteiger partial charge in [0.15, 0.2) is 5.82 Å². The average molecular weight is 561 g/mol. The lowest BCUT2D eigenvalue weighted by molar-refractivity contribution is -0.147. The number of ether oxygens (including phenoxy) is 3. The maximum Gasteiger partial charge on any atom is 0.452 e. The van der Waals surface area contributed by atoms with E-state index in [2.05, 4.69) is 26.1 Å². The van der Waals surface area contributed by atoms with Crippen molar-refractivity contribution in [3.05, 3.63) is 68.7 Å². The van der Waals surface area contributed by atoms with Crippen LogP contribution in [0.2, 0.25) is 5.02 Å². The average Bonchev–Trinajstić information content (AvgIpc) is 3.18. The Morgan fingerprint density at radius 2 is 2.00 bits per heavy atom. The molecule has 12 heteroatoms. The number of hydrogen-bond donors (Lipinski definition) is 0. The first-order chi connectivity index (χ1) is 16.2. The molecule has 1 aliphatic rings. The van der Waals surface area contributed by atoms with Gasteiger partial charge in [-0.15, -0.1) is 10.2 Å². The number of methoxy groups -OCH3 is 1. The van der Waals surface area contributed by atoms with Crippen LogP contribution in [0.4, 0.5) is 13.2 Å². The Hall–Kier alpha value is -2.63. The van der Waals surface area contributed by atoms with Gasteiger partial charge >= 0.3 is 12.1 Å². The van der Waals surface area contributed by atoms with Crippen molar-refractivity contribution in [1.82, 2.24) is 14.8 Å². The predicted molar refractivity (Wildman–Crippen MR) is 119 cm³/mol. The molecule has 2 aromatic carbocycles. The summed E-state index contributed by atoms with van der Waals surface area (Å²) in [6, 6.07) is 9.60. The molecule has 180 valence electrons. The molecule has 0 N–H and O–H groups in total. The van der Waals surface area contributed by atoms with E-state index in [1.54, 1.807) is 25.1 Å². The fraction of sp³-hybridized carbons (Fsp3) is 0.318. The number of nitrogens with zero attached hydrogens (tertiary/aromatic N) is 3. The summed E-state index contributed by atoms with van der Waals surface area (Å²) in [5.41, 5.74) is 1.02. The Labute approximate surface area is 205 Å². The summed E-state index contributed by atoms with van der Waals surface area (Å²) in [6.07, 6.45) is -7.31. The first kappa shape index (κ1) is 24.5. The van der Waals surface area contributed by atoms with Gasteiger partial charge in [0.1, 0.15) is 18.0 Å². The predicted octanol–water partition coefficient (Wildman–Crippen LogP) is 5.82. The van der Waals surface area contributed by atoms with E-state index >= 15 is 0 Å². The third kappa shape index (κ3) is 4.51. The molecule has 0 saturated carbocycles. The van der Waals surface area contributed by atoms with Gasteiger partial charge < -0.3 is 14.2 Å². The summed E-state index contributed by atoms with van der Waals surface area (Å²) in [7, 11) is 1.49. The van der Waals surface area contributed by atoms with E-state index in [4.69, 9.17) is 25.8 Å². The van der Waals surface area contributed by atoms with Gasteiger partial charge in [-0.3, -0.25) is 9.36 Å². The normalized spacial score (nSPS) is 17.5. The zero-order valence-electron chi connectivity index (χ0n) is 17.9. The number of alkyl halides is 3. The van der Waals surface area contributed by atoms with Crippen molar-refractivity contribution in [3.8, 4) is 11.4 Å².